The van der Waals surface area contributed by atoms with Crippen LogP contribution in [0.1, 0.15) is 36.7 Å². The van der Waals surface area contributed by atoms with Gasteiger partial charge in [-0.05, 0) is 44.2 Å². The highest BCUT2D eigenvalue weighted by Gasteiger charge is 2.47. The Kier molecular flexibility index (Phi) is 6.63. The molecule has 0 spiro atoms. The van der Waals surface area contributed by atoms with Crippen molar-refractivity contribution in [2.24, 2.45) is 0 Å². The molecule has 1 unspecified atom stereocenters. The second kappa shape index (κ2) is 9.79. The Balaban J connectivity index is 1.87. The number of nitrogens with zero attached hydrogens (tertiary/aromatic N) is 2. The lowest BCUT2D eigenvalue weighted by Gasteiger charge is -2.26. The standard InChI is InChI=1S/C27H26N2O5/c1-17(2)34-20-11-8-9-18(15-20)25(30)23-24(21-12-4-5-13-22(21)33-3)29(27(32)26(23)31)16-19-10-6-7-14-28-19/h4-15,17,24,30H,16H2,1-3H3/b25-23+. The van der Waals surface area contributed by atoms with Gasteiger partial charge in [-0.25, -0.2) is 0 Å². The van der Waals surface area contributed by atoms with E-state index < -0.39 is 17.7 Å². The van der Waals surface area contributed by atoms with E-state index >= 15 is 0 Å². The first kappa shape index (κ1) is 23.0. The number of aliphatic hydroxyl groups is 1. The number of rotatable bonds is 7. The monoisotopic (exact) mass is 458 g/mol. The van der Waals surface area contributed by atoms with Crippen LogP contribution in [0.15, 0.2) is 78.5 Å². The van der Waals surface area contributed by atoms with Crippen LogP contribution < -0.4 is 9.47 Å². The molecule has 174 valence electrons. The van der Waals surface area contributed by atoms with E-state index in [0.717, 1.165) is 0 Å². The second-order valence-electron chi connectivity index (χ2n) is 8.18. The minimum absolute atomic E-state index is 0.00729. The first-order valence-corrected chi connectivity index (χ1v) is 11.0. The molecule has 1 amide bonds. The van der Waals surface area contributed by atoms with Gasteiger partial charge in [-0.2, -0.15) is 0 Å². The summed E-state index contributed by atoms with van der Waals surface area (Å²) in [6.45, 7) is 3.90. The number of pyridine rings is 1. The van der Waals surface area contributed by atoms with Crippen LogP contribution in [-0.2, 0) is 16.1 Å². The fourth-order valence-corrected chi connectivity index (χ4v) is 4.07. The van der Waals surface area contributed by atoms with Gasteiger partial charge in [-0.1, -0.05) is 36.4 Å². The van der Waals surface area contributed by atoms with Gasteiger partial charge in [0.05, 0.1) is 37.1 Å². The smallest absolute Gasteiger partial charge is 0.296 e. The topological polar surface area (TPSA) is 89.0 Å². The summed E-state index contributed by atoms with van der Waals surface area (Å²) in [4.78, 5) is 32.2. The Morgan fingerprint density at radius 1 is 1.06 bits per heavy atom. The second-order valence-corrected chi connectivity index (χ2v) is 8.18. The van der Waals surface area contributed by atoms with E-state index in [0.29, 0.717) is 28.3 Å². The summed E-state index contributed by atoms with van der Waals surface area (Å²) < 4.78 is 11.3. The molecule has 7 heteroatoms. The maximum atomic E-state index is 13.3. The molecule has 2 aromatic carbocycles. The molecule has 0 radical (unpaired) electrons. The molecule has 0 aliphatic carbocycles. The van der Waals surface area contributed by atoms with Crippen LogP contribution in [0.25, 0.3) is 5.76 Å². The molecule has 1 aliphatic heterocycles. The highest BCUT2D eigenvalue weighted by Crippen LogP contribution is 2.43. The van der Waals surface area contributed by atoms with E-state index in [4.69, 9.17) is 9.47 Å². The molecule has 1 fully saturated rings. The van der Waals surface area contributed by atoms with E-state index in [2.05, 4.69) is 4.98 Å². The number of methoxy groups -OCH3 is 1. The number of ether oxygens (including phenoxy) is 2. The molecule has 1 aliphatic rings. The van der Waals surface area contributed by atoms with Crippen LogP contribution in [-0.4, -0.2) is 39.9 Å². The van der Waals surface area contributed by atoms with E-state index in [9.17, 15) is 14.7 Å². The molecule has 1 N–H and O–H groups in total. The number of Topliss-reactive ketones (excluding diaryl/α,β-unsaturated/α-hetero) is 1. The molecule has 34 heavy (non-hydrogen) atoms. The lowest BCUT2D eigenvalue weighted by Crippen LogP contribution is -2.29. The van der Waals surface area contributed by atoms with E-state index in [1.807, 2.05) is 19.9 Å². The maximum absolute atomic E-state index is 13.3. The molecule has 1 aromatic heterocycles. The van der Waals surface area contributed by atoms with Crippen LogP contribution in [0.5, 0.6) is 11.5 Å². The molecule has 3 aromatic rings. The van der Waals surface area contributed by atoms with Crippen LogP contribution in [0, 0.1) is 0 Å². The first-order valence-electron chi connectivity index (χ1n) is 11.0. The average molecular weight is 459 g/mol. The molecule has 1 saturated heterocycles. The van der Waals surface area contributed by atoms with Crippen molar-refractivity contribution in [3.63, 3.8) is 0 Å². The van der Waals surface area contributed by atoms with E-state index in [1.165, 1.54) is 12.0 Å². The van der Waals surface area contributed by atoms with Gasteiger partial charge in [0, 0.05) is 17.3 Å². The normalized spacial score (nSPS) is 17.3. The quantitative estimate of drug-likeness (QED) is 0.319. The third kappa shape index (κ3) is 4.50. The minimum atomic E-state index is -0.854. The molecule has 7 nitrogen and oxygen atoms in total. The predicted molar refractivity (Wildman–Crippen MR) is 127 cm³/mol. The van der Waals surface area contributed by atoms with Crippen LogP contribution in [0.2, 0.25) is 0 Å². The zero-order valence-electron chi connectivity index (χ0n) is 19.3. The zero-order chi connectivity index (χ0) is 24.2. The van der Waals surface area contributed by atoms with Gasteiger partial charge >= 0.3 is 0 Å². The van der Waals surface area contributed by atoms with Crippen molar-refractivity contribution >= 4 is 17.4 Å². The number of aliphatic hydroxyl groups excluding tert-OH is 1. The highest BCUT2D eigenvalue weighted by molar-refractivity contribution is 6.46. The van der Waals surface area contributed by atoms with Crippen molar-refractivity contribution in [2.75, 3.05) is 7.11 Å². The van der Waals surface area contributed by atoms with Crippen LogP contribution in [0.3, 0.4) is 0 Å². The summed E-state index contributed by atoms with van der Waals surface area (Å²) >= 11 is 0. The van der Waals surface area contributed by atoms with Gasteiger partial charge in [-0.3, -0.25) is 14.6 Å². The third-order valence-electron chi connectivity index (χ3n) is 5.51. The Morgan fingerprint density at radius 3 is 2.53 bits per heavy atom. The van der Waals surface area contributed by atoms with Gasteiger partial charge < -0.3 is 19.5 Å². The summed E-state index contributed by atoms with van der Waals surface area (Å²) in [5, 5.41) is 11.3. The minimum Gasteiger partial charge on any atom is -0.507 e. The summed E-state index contributed by atoms with van der Waals surface area (Å²) in [5.74, 6) is -0.692. The lowest BCUT2D eigenvalue weighted by atomic mass is 9.94. The van der Waals surface area contributed by atoms with Gasteiger partial charge in [0.15, 0.2) is 0 Å². The van der Waals surface area contributed by atoms with Crippen molar-refractivity contribution in [3.05, 3.63) is 95.3 Å². The third-order valence-corrected chi connectivity index (χ3v) is 5.51. The molecular weight excluding hydrogens is 432 g/mol. The molecule has 2 heterocycles. The predicted octanol–water partition coefficient (Wildman–Crippen LogP) is 4.50. The Bertz CT molecular complexity index is 1240. The molecule has 0 bridgehead atoms. The van der Waals surface area contributed by atoms with Gasteiger partial charge in [-0.15, -0.1) is 0 Å². The summed E-state index contributed by atoms with van der Waals surface area (Å²) in [5.41, 5.74) is 1.59. The van der Waals surface area contributed by atoms with E-state index in [1.54, 1.807) is 66.9 Å². The zero-order valence-corrected chi connectivity index (χ0v) is 19.3. The number of carbonyl (C=O) groups is 2. The number of ketones is 1. The number of hydrogen-bond donors (Lipinski definition) is 1. The number of hydrogen-bond acceptors (Lipinski definition) is 6. The van der Waals surface area contributed by atoms with Crippen LogP contribution >= 0.6 is 0 Å². The van der Waals surface area contributed by atoms with Crippen molar-refractivity contribution in [1.82, 2.24) is 9.88 Å². The highest BCUT2D eigenvalue weighted by atomic mass is 16.5. The lowest BCUT2D eigenvalue weighted by molar-refractivity contribution is -0.140. The van der Waals surface area contributed by atoms with Gasteiger partial charge in [0.1, 0.15) is 17.3 Å². The largest absolute Gasteiger partial charge is 0.507 e. The fraction of sp³-hybridized carbons (Fsp3) is 0.222. The first-order chi connectivity index (χ1) is 16.4. The molecular formula is C27H26N2O5. The Hall–Kier alpha value is -4.13. The fourth-order valence-electron chi connectivity index (χ4n) is 4.07. The Morgan fingerprint density at radius 2 is 1.82 bits per heavy atom. The average Bonchev–Trinajstić information content (AvgIpc) is 3.08. The SMILES string of the molecule is COc1ccccc1C1/C(=C(\O)c2cccc(OC(C)C)c2)C(=O)C(=O)N1Cc1ccccn1. The van der Waals surface area contributed by atoms with Crippen molar-refractivity contribution in [2.45, 2.75) is 32.5 Å². The summed E-state index contributed by atoms with van der Waals surface area (Å²) in [7, 11) is 1.52. The van der Waals surface area contributed by atoms with Crippen molar-refractivity contribution in [1.29, 1.82) is 0 Å². The number of amides is 1. The van der Waals surface area contributed by atoms with Crippen LogP contribution in [0.4, 0.5) is 0 Å². The molecule has 4 rings (SSSR count). The summed E-state index contributed by atoms with van der Waals surface area (Å²) in [6.07, 6.45) is 1.57. The Labute approximate surface area is 198 Å². The van der Waals surface area contributed by atoms with E-state index in [-0.39, 0.29) is 24.0 Å². The maximum Gasteiger partial charge on any atom is 0.296 e. The number of para-hydroxylation sites is 1. The number of likely N-dealkylation sites (tertiary alicyclic amines) is 1. The van der Waals surface area contributed by atoms with Gasteiger partial charge in [0.25, 0.3) is 11.7 Å². The van der Waals surface area contributed by atoms with Crippen molar-refractivity contribution < 1.29 is 24.2 Å². The number of benzene rings is 2. The molecule has 0 saturated carbocycles. The van der Waals surface area contributed by atoms with Gasteiger partial charge in [0.2, 0.25) is 0 Å². The molecule has 1 atom stereocenters. The number of aromatic nitrogens is 1. The van der Waals surface area contributed by atoms with Crippen molar-refractivity contribution in [3.8, 4) is 11.5 Å². The number of carbonyl (C=O) groups excluding carboxylic acids is 2. The summed E-state index contributed by atoms with van der Waals surface area (Å²) in [6, 6.07) is 18.5.